The molecule has 0 spiro atoms. The van der Waals surface area contributed by atoms with Gasteiger partial charge in [-0.3, -0.25) is 9.79 Å². The van der Waals surface area contributed by atoms with E-state index in [9.17, 15) is 4.79 Å². The maximum absolute atomic E-state index is 11.7. The van der Waals surface area contributed by atoms with Crippen molar-refractivity contribution in [2.45, 2.75) is 0 Å². The van der Waals surface area contributed by atoms with E-state index in [-0.39, 0.29) is 19.1 Å². The number of benzene rings is 1. The van der Waals surface area contributed by atoms with Crippen molar-refractivity contribution in [2.24, 2.45) is 4.99 Å². The maximum Gasteiger partial charge on any atom is 0.264 e. The van der Waals surface area contributed by atoms with E-state index in [4.69, 9.17) is 28.3 Å². The number of halogens is 2. The fraction of sp³-hybridized carbons (Fsp3) is 0.167. The largest absolute Gasteiger partial charge is 0.394 e. The average Bonchev–Trinajstić information content (AvgIpc) is 2.72. The van der Waals surface area contributed by atoms with E-state index in [1.807, 2.05) is 0 Å². The summed E-state index contributed by atoms with van der Waals surface area (Å²) in [5.74, 6) is -0.252. The Kier molecular flexibility index (Phi) is 4.87. The van der Waals surface area contributed by atoms with Crippen molar-refractivity contribution in [1.29, 1.82) is 0 Å². The lowest BCUT2D eigenvalue weighted by molar-refractivity contribution is -0.115. The van der Waals surface area contributed by atoms with Crippen LogP contribution in [0.4, 0.5) is 0 Å². The van der Waals surface area contributed by atoms with Crippen LogP contribution < -0.4 is 5.32 Å². The smallest absolute Gasteiger partial charge is 0.264 e. The zero-order valence-corrected chi connectivity index (χ0v) is 12.0. The molecule has 1 heterocycles. The number of aliphatic hydroxyl groups excluding tert-OH is 1. The van der Waals surface area contributed by atoms with Gasteiger partial charge in [0.25, 0.3) is 5.91 Å². The molecule has 0 atom stereocenters. The molecule has 0 bridgehead atoms. The van der Waals surface area contributed by atoms with Gasteiger partial charge in [-0.1, -0.05) is 29.3 Å². The fourth-order valence-corrected chi connectivity index (χ4v) is 2.77. The summed E-state index contributed by atoms with van der Waals surface area (Å²) >= 11 is 13.3. The molecular weight excluding hydrogens is 307 g/mol. The molecule has 4 nitrogen and oxygen atoms in total. The van der Waals surface area contributed by atoms with Gasteiger partial charge in [-0.15, -0.1) is 0 Å². The lowest BCUT2D eigenvalue weighted by atomic mass is 10.2. The van der Waals surface area contributed by atoms with Crippen LogP contribution in [0.1, 0.15) is 5.56 Å². The SMILES string of the molecule is O=C1NC(=NCCO)S/C1=C\c1c(Cl)cccc1Cl. The van der Waals surface area contributed by atoms with E-state index in [1.165, 1.54) is 11.8 Å². The van der Waals surface area contributed by atoms with Crippen LogP contribution in [0.25, 0.3) is 6.08 Å². The highest BCUT2D eigenvalue weighted by molar-refractivity contribution is 8.18. The average molecular weight is 317 g/mol. The van der Waals surface area contributed by atoms with Crippen LogP contribution in [0, 0.1) is 0 Å². The number of amides is 1. The van der Waals surface area contributed by atoms with Gasteiger partial charge in [0, 0.05) is 15.6 Å². The van der Waals surface area contributed by atoms with E-state index < -0.39 is 0 Å². The molecule has 0 saturated carbocycles. The summed E-state index contributed by atoms with van der Waals surface area (Å²) < 4.78 is 0. The van der Waals surface area contributed by atoms with Crippen LogP contribution in [0.15, 0.2) is 28.1 Å². The van der Waals surface area contributed by atoms with Crippen molar-refractivity contribution in [1.82, 2.24) is 5.32 Å². The number of aliphatic imine (C=N–C) groups is 1. The minimum Gasteiger partial charge on any atom is -0.394 e. The zero-order chi connectivity index (χ0) is 13.8. The molecule has 19 heavy (non-hydrogen) atoms. The van der Waals surface area contributed by atoms with Gasteiger partial charge in [0.05, 0.1) is 18.1 Å². The van der Waals surface area contributed by atoms with Crippen molar-refractivity contribution >= 4 is 52.1 Å². The number of amidine groups is 1. The highest BCUT2D eigenvalue weighted by atomic mass is 35.5. The number of nitrogens with zero attached hydrogens (tertiary/aromatic N) is 1. The van der Waals surface area contributed by atoms with E-state index in [0.29, 0.717) is 25.7 Å². The first-order valence-corrected chi connectivity index (χ1v) is 6.99. The van der Waals surface area contributed by atoms with Crippen molar-refractivity contribution in [3.05, 3.63) is 38.7 Å². The van der Waals surface area contributed by atoms with Crippen molar-refractivity contribution in [3.63, 3.8) is 0 Å². The van der Waals surface area contributed by atoms with Crippen LogP contribution >= 0.6 is 35.0 Å². The summed E-state index contributed by atoms with van der Waals surface area (Å²) in [5.41, 5.74) is 0.604. The van der Waals surface area contributed by atoms with E-state index >= 15 is 0 Å². The molecule has 1 aromatic carbocycles. The third-order valence-corrected chi connectivity index (χ3v) is 3.89. The second-order valence-corrected chi connectivity index (χ2v) is 5.46. The van der Waals surface area contributed by atoms with Crippen LogP contribution in [0.2, 0.25) is 10.0 Å². The normalized spacial score (nSPS) is 19.2. The monoisotopic (exact) mass is 316 g/mol. The number of thioether (sulfide) groups is 1. The first kappa shape index (κ1) is 14.4. The number of carbonyl (C=O) groups excluding carboxylic acids is 1. The molecule has 1 aliphatic heterocycles. The van der Waals surface area contributed by atoms with E-state index in [2.05, 4.69) is 10.3 Å². The molecule has 0 aromatic heterocycles. The molecule has 1 saturated heterocycles. The number of aliphatic hydroxyl groups is 1. The number of rotatable bonds is 3. The predicted molar refractivity (Wildman–Crippen MR) is 79.6 cm³/mol. The van der Waals surface area contributed by atoms with Crippen LogP contribution in [0.5, 0.6) is 0 Å². The molecule has 7 heteroatoms. The highest BCUT2D eigenvalue weighted by Crippen LogP contribution is 2.31. The Morgan fingerprint density at radius 3 is 2.68 bits per heavy atom. The first-order valence-electron chi connectivity index (χ1n) is 5.42. The molecule has 2 rings (SSSR count). The highest BCUT2D eigenvalue weighted by Gasteiger charge is 2.24. The topological polar surface area (TPSA) is 61.7 Å². The molecule has 1 aliphatic rings. The summed E-state index contributed by atoms with van der Waals surface area (Å²) in [6.07, 6.45) is 1.63. The Balaban J connectivity index is 2.27. The van der Waals surface area contributed by atoms with Gasteiger partial charge in [-0.05, 0) is 30.0 Å². The lowest BCUT2D eigenvalue weighted by Gasteiger charge is -2.01. The summed E-state index contributed by atoms with van der Waals surface area (Å²) in [6, 6.07) is 5.15. The third kappa shape index (κ3) is 3.51. The standard InChI is InChI=1S/C12H10Cl2N2O2S/c13-8-2-1-3-9(14)7(8)6-10-11(18)16-12(19-10)15-4-5-17/h1-3,6,17H,4-5H2,(H,15,16,18)/b10-6-. The Bertz CT molecular complexity index is 553. The van der Waals surface area contributed by atoms with Gasteiger partial charge in [0.15, 0.2) is 5.17 Å². The molecule has 1 aromatic rings. The van der Waals surface area contributed by atoms with Crippen LogP contribution in [-0.2, 0) is 4.79 Å². The second-order valence-electron chi connectivity index (χ2n) is 3.61. The zero-order valence-electron chi connectivity index (χ0n) is 9.69. The molecule has 2 N–H and O–H groups in total. The Morgan fingerprint density at radius 2 is 2.05 bits per heavy atom. The summed E-state index contributed by atoms with van der Waals surface area (Å²) in [7, 11) is 0. The van der Waals surface area contributed by atoms with Crippen molar-refractivity contribution < 1.29 is 9.90 Å². The second kappa shape index (κ2) is 6.43. The van der Waals surface area contributed by atoms with Crippen LogP contribution in [-0.4, -0.2) is 29.3 Å². The van der Waals surface area contributed by atoms with E-state index in [1.54, 1.807) is 24.3 Å². The van der Waals surface area contributed by atoms with Gasteiger partial charge in [0.2, 0.25) is 0 Å². The van der Waals surface area contributed by atoms with E-state index in [0.717, 1.165) is 0 Å². The minimum atomic E-state index is -0.252. The van der Waals surface area contributed by atoms with Crippen molar-refractivity contribution in [3.8, 4) is 0 Å². The first-order chi connectivity index (χ1) is 9.11. The van der Waals surface area contributed by atoms with Gasteiger partial charge in [0.1, 0.15) is 0 Å². The Hall–Kier alpha value is -1.01. The number of nitrogens with one attached hydrogen (secondary N) is 1. The Morgan fingerprint density at radius 1 is 1.37 bits per heavy atom. The molecule has 1 amide bonds. The summed E-state index contributed by atoms with van der Waals surface area (Å²) in [6.45, 7) is 0.193. The summed E-state index contributed by atoms with van der Waals surface area (Å²) in [4.78, 5) is 16.2. The Labute approximate surface area is 124 Å². The van der Waals surface area contributed by atoms with Gasteiger partial charge < -0.3 is 10.4 Å². The molecule has 0 aliphatic carbocycles. The maximum atomic E-state index is 11.7. The predicted octanol–water partition coefficient (Wildman–Crippen LogP) is 2.55. The molecule has 1 fully saturated rings. The van der Waals surface area contributed by atoms with Gasteiger partial charge in [-0.25, -0.2) is 0 Å². The lowest BCUT2D eigenvalue weighted by Crippen LogP contribution is -2.20. The number of carbonyl (C=O) groups is 1. The molecule has 100 valence electrons. The summed E-state index contributed by atoms with van der Waals surface area (Å²) in [5, 5.41) is 12.7. The van der Waals surface area contributed by atoms with Gasteiger partial charge >= 0.3 is 0 Å². The quantitative estimate of drug-likeness (QED) is 0.842. The third-order valence-electron chi connectivity index (χ3n) is 2.28. The minimum absolute atomic E-state index is 0.0602. The van der Waals surface area contributed by atoms with Gasteiger partial charge in [-0.2, -0.15) is 0 Å². The molecular formula is C12H10Cl2N2O2S. The molecule has 0 unspecified atom stereocenters. The fourth-order valence-electron chi connectivity index (χ4n) is 1.43. The van der Waals surface area contributed by atoms with Crippen LogP contribution in [0.3, 0.4) is 0 Å². The molecule has 0 radical (unpaired) electrons. The van der Waals surface area contributed by atoms with Crippen molar-refractivity contribution in [2.75, 3.05) is 13.2 Å². The number of hydrogen-bond acceptors (Lipinski definition) is 4. The number of hydrogen-bond donors (Lipinski definition) is 2.